The van der Waals surface area contributed by atoms with Gasteiger partial charge in [-0.05, 0) is 130 Å². The van der Waals surface area contributed by atoms with E-state index in [9.17, 15) is 5.11 Å². The van der Waals surface area contributed by atoms with Gasteiger partial charge in [-0.15, -0.1) is 0 Å². The average molecular weight is 441 g/mol. The van der Waals surface area contributed by atoms with Gasteiger partial charge in [0.15, 0.2) is 0 Å². The second-order valence-electron chi connectivity index (χ2n) is 12.8. The van der Waals surface area contributed by atoms with Gasteiger partial charge in [0.25, 0.3) is 0 Å². The molecule has 0 aromatic heterocycles. The average Bonchev–Trinajstić information content (AvgIpc) is 3.14. The quantitative estimate of drug-likeness (QED) is 0.392. The third-order valence-corrected chi connectivity index (χ3v) is 11.6. The van der Waals surface area contributed by atoms with Crippen LogP contribution in [0.25, 0.3) is 0 Å². The van der Waals surface area contributed by atoms with Gasteiger partial charge in [-0.25, -0.2) is 0 Å². The highest BCUT2D eigenvalue weighted by Gasteiger charge is 2.59. The molecule has 1 heteroatoms. The van der Waals surface area contributed by atoms with Crippen molar-refractivity contribution in [3.8, 4) is 0 Å². The van der Waals surface area contributed by atoms with Crippen LogP contribution >= 0.6 is 0 Å². The number of hydrogen-bond donors (Lipinski definition) is 1. The zero-order valence-corrected chi connectivity index (χ0v) is 22.1. The van der Waals surface area contributed by atoms with E-state index in [1.807, 2.05) is 0 Å². The molecule has 182 valence electrons. The lowest BCUT2D eigenvalue weighted by Crippen LogP contribution is -2.50. The Hall–Kier alpha value is -0.560. The van der Waals surface area contributed by atoms with Crippen LogP contribution in [0.3, 0.4) is 0 Å². The summed E-state index contributed by atoms with van der Waals surface area (Å²) in [6, 6.07) is 0. The highest BCUT2D eigenvalue weighted by atomic mass is 16.3. The summed E-state index contributed by atoms with van der Waals surface area (Å²) >= 11 is 0. The minimum atomic E-state index is -0.0847. The van der Waals surface area contributed by atoms with E-state index in [2.05, 4.69) is 53.7 Å². The third kappa shape index (κ3) is 4.08. The van der Waals surface area contributed by atoms with Crippen molar-refractivity contribution in [2.24, 2.45) is 46.3 Å². The normalized spacial score (nSPS) is 42.8. The Kier molecular flexibility index (Phi) is 7.36. The lowest BCUT2D eigenvalue weighted by molar-refractivity contribution is -0.0571. The van der Waals surface area contributed by atoms with Gasteiger partial charge < -0.3 is 5.11 Å². The smallest absolute Gasteiger partial charge is 0.0577 e. The first-order valence-electron chi connectivity index (χ1n) is 14.3. The fourth-order valence-electron chi connectivity index (χ4n) is 9.61. The molecule has 1 N–H and O–H groups in total. The molecule has 0 heterocycles. The fourth-order valence-corrected chi connectivity index (χ4v) is 9.61. The molecule has 32 heavy (non-hydrogen) atoms. The van der Waals surface area contributed by atoms with Crippen LogP contribution in [0.15, 0.2) is 23.3 Å². The second-order valence-corrected chi connectivity index (χ2v) is 12.8. The third-order valence-electron chi connectivity index (χ3n) is 11.6. The van der Waals surface area contributed by atoms with Crippen LogP contribution in [-0.2, 0) is 0 Å². The SMILES string of the molecule is C/C=C(\CC[C@@H](C)[C@H]1CC[C@H]2[C@@H]3CC=C4C[C@@H](O)CC[C@]4(C)[C@H]3CC[C@]12C)C(CC)CC. The van der Waals surface area contributed by atoms with E-state index < -0.39 is 0 Å². The molecule has 0 aromatic carbocycles. The van der Waals surface area contributed by atoms with Crippen molar-refractivity contribution in [3.05, 3.63) is 23.3 Å². The minimum Gasteiger partial charge on any atom is -0.393 e. The maximum Gasteiger partial charge on any atom is 0.0577 e. The Balaban J connectivity index is 1.46. The number of hydrogen-bond acceptors (Lipinski definition) is 1. The van der Waals surface area contributed by atoms with Crippen LogP contribution in [0.2, 0.25) is 0 Å². The molecule has 0 spiro atoms. The molecule has 0 unspecified atom stereocenters. The van der Waals surface area contributed by atoms with Crippen LogP contribution in [0.5, 0.6) is 0 Å². The van der Waals surface area contributed by atoms with Gasteiger partial charge in [-0.1, -0.05) is 57.9 Å². The van der Waals surface area contributed by atoms with Gasteiger partial charge in [0.05, 0.1) is 6.10 Å². The number of aliphatic hydroxyl groups excluding tert-OH is 1. The zero-order chi connectivity index (χ0) is 23.1. The van der Waals surface area contributed by atoms with Crippen molar-refractivity contribution >= 4 is 0 Å². The van der Waals surface area contributed by atoms with E-state index in [1.54, 1.807) is 11.1 Å². The van der Waals surface area contributed by atoms with Gasteiger partial charge in [-0.2, -0.15) is 0 Å². The van der Waals surface area contributed by atoms with Crippen LogP contribution in [0.1, 0.15) is 119 Å². The maximum atomic E-state index is 10.3. The molecule has 3 saturated carbocycles. The molecule has 0 amide bonds. The molecular weight excluding hydrogens is 388 g/mol. The molecule has 3 fully saturated rings. The van der Waals surface area contributed by atoms with Crippen molar-refractivity contribution in [2.45, 2.75) is 125 Å². The highest BCUT2D eigenvalue weighted by Crippen LogP contribution is 2.67. The number of fused-ring (bicyclic) bond motifs is 5. The summed E-state index contributed by atoms with van der Waals surface area (Å²) in [6.07, 6.45) is 20.5. The van der Waals surface area contributed by atoms with E-state index in [0.717, 1.165) is 48.3 Å². The standard InChI is InChI=1S/C31H52O/c1-7-22(8-2)23(9-3)11-10-21(4)27-14-15-28-26-13-12-24-20-25(32)16-18-30(24,5)29(26)17-19-31(27,28)6/h9,12,21-22,25-29,32H,7-8,10-11,13-20H2,1-6H3/b23-9+/t21-,25+,26+,27-,28+,29+,30+,31-/m1/s1. The van der Waals surface area contributed by atoms with E-state index in [4.69, 9.17) is 0 Å². The summed E-state index contributed by atoms with van der Waals surface area (Å²) in [4.78, 5) is 0. The van der Waals surface area contributed by atoms with Gasteiger partial charge in [-0.3, -0.25) is 0 Å². The Morgan fingerprint density at radius 3 is 2.53 bits per heavy atom. The summed E-state index contributed by atoms with van der Waals surface area (Å²) in [7, 11) is 0. The summed E-state index contributed by atoms with van der Waals surface area (Å²) in [5.74, 6) is 5.25. The fraction of sp³-hybridized carbons (Fsp3) is 0.871. The molecular formula is C31H52O. The first-order valence-corrected chi connectivity index (χ1v) is 14.3. The van der Waals surface area contributed by atoms with E-state index in [0.29, 0.717) is 10.8 Å². The number of allylic oxidation sites excluding steroid dienone is 3. The lowest BCUT2D eigenvalue weighted by Gasteiger charge is -2.58. The molecule has 0 bridgehead atoms. The Labute approximate surface area is 199 Å². The van der Waals surface area contributed by atoms with Gasteiger partial charge in [0, 0.05) is 0 Å². The van der Waals surface area contributed by atoms with Crippen molar-refractivity contribution in [1.29, 1.82) is 0 Å². The first kappa shape index (κ1) is 24.6. The molecule has 0 saturated heterocycles. The van der Waals surface area contributed by atoms with Crippen LogP contribution in [0, 0.1) is 46.3 Å². The van der Waals surface area contributed by atoms with Gasteiger partial charge >= 0.3 is 0 Å². The second kappa shape index (κ2) is 9.59. The van der Waals surface area contributed by atoms with E-state index in [-0.39, 0.29) is 6.10 Å². The predicted molar refractivity (Wildman–Crippen MR) is 137 cm³/mol. The minimum absolute atomic E-state index is 0.0847. The summed E-state index contributed by atoms with van der Waals surface area (Å²) < 4.78 is 0. The van der Waals surface area contributed by atoms with Crippen LogP contribution in [0.4, 0.5) is 0 Å². The molecule has 0 aliphatic heterocycles. The van der Waals surface area contributed by atoms with Gasteiger partial charge in [0.1, 0.15) is 0 Å². The summed E-state index contributed by atoms with van der Waals surface area (Å²) in [5.41, 5.74) is 4.28. The lowest BCUT2D eigenvalue weighted by atomic mass is 9.47. The molecule has 4 rings (SSSR count). The predicted octanol–water partition coefficient (Wildman–Crippen LogP) is 8.73. The molecule has 4 aliphatic rings. The molecule has 4 aliphatic carbocycles. The Morgan fingerprint density at radius 1 is 1.09 bits per heavy atom. The van der Waals surface area contributed by atoms with E-state index in [1.165, 1.54) is 64.2 Å². The Morgan fingerprint density at radius 2 is 1.84 bits per heavy atom. The van der Waals surface area contributed by atoms with Gasteiger partial charge in [0.2, 0.25) is 0 Å². The topological polar surface area (TPSA) is 20.2 Å². The summed E-state index contributed by atoms with van der Waals surface area (Å²) in [6.45, 7) is 14.8. The molecule has 0 radical (unpaired) electrons. The van der Waals surface area contributed by atoms with Crippen molar-refractivity contribution < 1.29 is 5.11 Å². The van der Waals surface area contributed by atoms with E-state index >= 15 is 0 Å². The molecule has 8 atom stereocenters. The Bertz CT molecular complexity index is 714. The monoisotopic (exact) mass is 440 g/mol. The maximum absolute atomic E-state index is 10.3. The first-order chi connectivity index (χ1) is 15.3. The largest absolute Gasteiger partial charge is 0.393 e. The molecule has 1 nitrogen and oxygen atoms in total. The number of rotatable bonds is 7. The van der Waals surface area contributed by atoms with Crippen molar-refractivity contribution in [1.82, 2.24) is 0 Å². The highest BCUT2D eigenvalue weighted by molar-refractivity contribution is 5.25. The van der Waals surface area contributed by atoms with Crippen molar-refractivity contribution in [3.63, 3.8) is 0 Å². The van der Waals surface area contributed by atoms with Crippen LogP contribution in [-0.4, -0.2) is 11.2 Å². The van der Waals surface area contributed by atoms with Crippen LogP contribution < -0.4 is 0 Å². The zero-order valence-electron chi connectivity index (χ0n) is 22.1. The summed E-state index contributed by atoms with van der Waals surface area (Å²) in [5, 5.41) is 10.3. The van der Waals surface area contributed by atoms with Crippen molar-refractivity contribution in [2.75, 3.05) is 0 Å². The number of aliphatic hydroxyl groups is 1. The molecule has 0 aromatic rings.